The number of benzene rings is 2. The number of aromatic nitrogens is 2. The number of ether oxygens (including phenoxy) is 2. The number of halogens is 2. The van der Waals surface area contributed by atoms with Crippen LogP contribution in [0.4, 0.5) is 0 Å². The maximum absolute atomic E-state index is 12.3. The van der Waals surface area contributed by atoms with Crippen LogP contribution in [0.3, 0.4) is 0 Å². The monoisotopic (exact) mass is 476 g/mol. The zero-order chi connectivity index (χ0) is 20.8. The van der Waals surface area contributed by atoms with Crippen molar-refractivity contribution in [2.75, 3.05) is 14.2 Å². The predicted molar refractivity (Wildman–Crippen MR) is 115 cm³/mol. The van der Waals surface area contributed by atoms with E-state index in [1.54, 1.807) is 43.3 Å². The van der Waals surface area contributed by atoms with Gasteiger partial charge in [0.25, 0.3) is 5.91 Å². The first-order valence-electron chi connectivity index (χ1n) is 8.53. The molecular formula is C20H18BrClN4O3. The molecule has 1 N–H and O–H groups in total. The summed E-state index contributed by atoms with van der Waals surface area (Å²) < 4.78 is 12.9. The number of nitrogens with zero attached hydrogens (tertiary/aromatic N) is 3. The predicted octanol–water partition coefficient (Wildman–Crippen LogP) is 4.13. The van der Waals surface area contributed by atoms with Gasteiger partial charge in [-0.1, -0.05) is 23.7 Å². The normalized spacial score (nSPS) is 10.9. The Hall–Kier alpha value is -2.84. The van der Waals surface area contributed by atoms with Crippen molar-refractivity contribution in [1.82, 2.24) is 15.2 Å². The zero-order valence-electron chi connectivity index (χ0n) is 15.7. The van der Waals surface area contributed by atoms with Crippen LogP contribution < -0.4 is 14.9 Å². The van der Waals surface area contributed by atoms with E-state index in [1.807, 2.05) is 24.3 Å². The van der Waals surface area contributed by atoms with E-state index in [4.69, 9.17) is 21.1 Å². The van der Waals surface area contributed by atoms with Gasteiger partial charge in [-0.15, -0.1) is 0 Å². The number of hydrogen-bond acceptors (Lipinski definition) is 5. The molecule has 1 heterocycles. The van der Waals surface area contributed by atoms with Gasteiger partial charge in [0, 0.05) is 11.2 Å². The topological polar surface area (TPSA) is 77.7 Å². The first-order chi connectivity index (χ1) is 14.0. The van der Waals surface area contributed by atoms with Crippen LogP contribution in [-0.2, 0) is 6.54 Å². The summed E-state index contributed by atoms with van der Waals surface area (Å²) in [5, 5.41) is 8.93. The van der Waals surface area contributed by atoms with Crippen molar-refractivity contribution in [1.29, 1.82) is 0 Å². The molecule has 3 aromatic rings. The Bertz CT molecular complexity index is 1030. The van der Waals surface area contributed by atoms with Gasteiger partial charge in [-0.2, -0.15) is 10.2 Å². The van der Waals surface area contributed by atoms with Gasteiger partial charge in [-0.05, 0) is 57.4 Å². The standard InChI is InChI=1S/C20H18BrClN4O3/c1-28-18-10-14(9-16(21)19(18)29-2)11-23-24-20(27)17-7-8-26(25-17)12-13-3-5-15(22)6-4-13/h3-11H,12H2,1-2H3,(H,24,27). The molecule has 7 nitrogen and oxygen atoms in total. The van der Waals surface area contributed by atoms with Gasteiger partial charge in [-0.25, -0.2) is 5.43 Å². The average Bonchev–Trinajstić information content (AvgIpc) is 3.18. The van der Waals surface area contributed by atoms with Gasteiger partial charge in [0.05, 0.1) is 31.5 Å². The zero-order valence-corrected chi connectivity index (χ0v) is 18.1. The molecule has 0 saturated carbocycles. The molecule has 0 aliphatic heterocycles. The lowest BCUT2D eigenvalue weighted by atomic mass is 10.2. The molecule has 1 amide bonds. The number of hydrazone groups is 1. The second-order valence-corrected chi connectivity index (χ2v) is 7.25. The van der Waals surface area contributed by atoms with E-state index in [9.17, 15) is 4.79 Å². The first kappa shape index (κ1) is 20.9. The molecule has 0 saturated heterocycles. The largest absolute Gasteiger partial charge is 0.493 e. The summed E-state index contributed by atoms with van der Waals surface area (Å²) in [4.78, 5) is 12.3. The smallest absolute Gasteiger partial charge is 0.291 e. The lowest BCUT2D eigenvalue weighted by Gasteiger charge is -2.10. The molecule has 0 aliphatic rings. The molecule has 0 bridgehead atoms. The molecule has 150 valence electrons. The summed E-state index contributed by atoms with van der Waals surface area (Å²) >= 11 is 9.31. The summed E-state index contributed by atoms with van der Waals surface area (Å²) in [5.41, 5.74) is 4.49. The van der Waals surface area contributed by atoms with E-state index >= 15 is 0 Å². The van der Waals surface area contributed by atoms with Crippen LogP contribution in [0.1, 0.15) is 21.6 Å². The number of carbonyl (C=O) groups excluding carboxylic acids is 1. The van der Waals surface area contributed by atoms with Crippen molar-refractivity contribution in [3.05, 3.63) is 75.0 Å². The highest BCUT2D eigenvalue weighted by Gasteiger charge is 2.11. The Morgan fingerprint density at radius 1 is 1.24 bits per heavy atom. The third kappa shape index (κ3) is 5.36. The van der Waals surface area contributed by atoms with Gasteiger partial charge < -0.3 is 9.47 Å². The fraction of sp³-hybridized carbons (Fsp3) is 0.150. The quantitative estimate of drug-likeness (QED) is 0.410. The van der Waals surface area contributed by atoms with Crippen LogP contribution >= 0.6 is 27.5 Å². The van der Waals surface area contributed by atoms with Crippen LogP contribution in [0, 0.1) is 0 Å². The Balaban J connectivity index is 1.63. The van der Waals surface area contributed by atoms with Gasteiger partial charge in [0.2, 0.25) is 0 Å². The minimum Gasteiger partial charge on any atom is -0.493 e. The highest BCUT2D eigenvalue weighted by Crippen LogP contribution is 2.35. The number of amides is 1. The summed E-state index contributed by atoms with van der Waals surface area (Å²) in [6, 6.07) is 12.6. The van der Waals surface area contributed by atoms with Gasteiger partial charge >= 0.3 is 0 Å². The molecule has 2 aromatic carbocycles. The van der Waals surface area contributed by atoms with E-state index in [-0.39, 0.29) is 5.69 Å². The number of methoxy groups -OCH3 is 2. The van der Waals surface area contributed by atoms with Crippen LogP contribution in [0.5, 0.6) is 11.5 Å². The fourth-order valence-electron chi connectivity index (χ4n) is 2.58. The van der Waals surface area contributed by atoms with Crippen LogP contribution in [0.15, 0.2) is 58.2 Å². The fourth-order valence-corrected chi connectivity index (χ4v) is 3.33. The Kier molecular flexibility index (Phi) is 6.90. The Morgan fingerprint density at radius 2 is 2.00 bits per heavy atom. The van der Waals surface area contributed by atoms with E-state index in [0.717, 1.165) is 11.1 Å². The third-order valence-electron chi connectivity index (χ3n) is 3.97. The molecule has 9 heteroatoms. The second-order valence-electron chi connectivity index (χ2n) is 5.96. The van der Waals surface area contributed by atoms with Gasteiger partial charge in [0.1, 0.15) is 0 Å². The van der Waals surface area contributed by atoms with Crippen molar-refractivity contribution in [3.63, 3.8) is 0 Å². The molecule has 0 unspecified atom stereocenters. The minimum atomic E-state index is -0.407. The molecule has 0 radical (unpaired) electrons. The van der Waals surface area contributed by atoms with E-state index in [1.165, 1.54) is 6.21 Å². The molecule has 0 aliphatic carbocycles. The summed E-state index contributed by atoms with van der Waals surface area (Å²) in [7, 11) is 3.11. The van der Waals surface area contributed by atoms with Crippen molar-refractivity contribution >= 4 is 39.7 Å². The summed E-state index contributed by atoms with van der Waals surface area (Å²) in [5.74, 6) is 0.728. The van der Waals surface area contributed by atoms with Gasteiger partial charge in [0.15, 0.2) is 17.2 Å². The maximum Gasteiger partial charge on any atom is 0.291 e. The lowest BCUT2D eigenvalue weighted by Crippen LogP contribution is -2.18. The van der Waals surface area contributed by atoms with Gasteiger partial charge in [-0.3, -0.25) is 9.48 Å². The minimum absolute atomic E-state index is 0.268. The van der Waals surface area contributed by atoms with Crippen molar-refractivity contribution in [3.8, 4) is 11.5 Å². The van der Waals surface area contributed by atoms with Crippen molar-refractivity contribution < 1.29 is 14.3 Å². The number of rotatable bonds is 7. The summed E-state index contributed by atoms with van der Waals surface area (Å²) in [6.07, 6.45) is 3.24. The molecular weight excluding hydrogens is 460 g/mol. The van der Waals surface area contributed by atoms with Crippen LogP contribution in [0.2, 0.25) is 5.02 Å². The average molecular weight is 478 g/mol. The molecule has 0 fully saturated rings. The number of nitrogens with one attached hydrogen (secondary N) is 1. The van der Waals surface area contributed by atoms with Crippen LogP contribution in [-0.4, -0.2) is 36.1 Å². The van der Waals surface area contributed by atoms with Crippen LogP contribution in [0.25, 0.3) is 0 Å². The lowest BCUT2D eigenvalue weighted by molar-refractivity contribution is 0.0949. The molecule has 1 aromatic heterocycles. The molecule has 29 heavy (non-hydrogen) atoms. The van der Waals surface area contributed by atoms with Crippen molar-refractivity contribution in [2.45, 2.75) is 6.54 Å². The molecule has 0 spiro atoms. The second kappa shape index (κ2) is 9.58. The number of hydrogen-bond donors (Lipinski definition) is 1. The maximum atomic E-state index is 12.3. The Labute approximate surface area is 181 Å². The van der Waals surface area contributed by atoms with Crippen molar-refractivity contribution in [2.24, 2.45) is 5.10 Å². The Morgan fingerprint density at radius 3 is 2.69 bits per heavy atom. The highest BCUT2D eigenvalue weighted by atomic mass is 79.9. The molecule has 0 atom stereocenters. The third-order valence-corrected chi connectivity index (χ3v) is 4.81. The first-order valence-corrected chi connectivity index (χ1v) is 9.70. The SMILES string of the molecule is COc1cc(C=NNC(=O)c2ccn(Cc3ccc(Cl)cc3)n2)cc(Br)c1OC. The highest BCUT2D eigenvalue weighted by molar-refractivity contribution is 9.10. The molecule has 3 rings (SSSR count). The van der Waals surface area contributed by atoms with E-state index in [0.29, 0.717) is 27.5 Å². The van der Waals surface area contributed by atoms with E-state index in [2.05, 4.69) is 31.6 Å². The summed E-state index contributed by atoms with van der Waals surface area (Å²) in [6.45, 7) is 0.535. The number of carbonyl (C=O) groups is 1. The van der Waals surface area contributed by atoms with E-state index < -0.39 is 5.91 Å².